The van der Waals surface area contributed by atoms with E-state index in [9.17, 15) is 0 Å². The maximum atomic E-state index is 8.63. The highest BCUT2D eigenvalue weighted by molar-refractivity contribution is 5.18. The molecule has 0 aromatic heterocycles. The Morgan fingerprint density at radius 1 is 1.14 bits per heavy atom. The molecule has 3 heteroatoms. The number of hydrogen-bond acceptors (Lipinski definition) is 3. The molecule has 0 saturated heterocycles. The van der Waals surface area contributed by atoms with Crippen molar-refractivity contribution in [3.63, 3.8) is 0 Å². The number of rotatable bonds is 2. The van der Waals surface area contributed by atoms with Crippen molar-refractivity contribution in [3.8, 4) is 5.75 Å². The SMILES string of the molecule is C=O.CCOCC.Oc1ccccc1. The Morgan fingerprint density at radius 3 is 1.71 bits per heavy atom. The van der Waals surface area contributed by atoms with E-state index >= 15 is 0 Å². The number of carbonyl (C=O) groups excluding carboxylic acids is 1. The van der Waals surface area contributed by atoms with Crippen molar-refractivity contribution >= 4 is 6.79 Å². The summed E-state index contributed by atoms with van der Waals surface area (Å²) in [7, 11) is 0. The lowest BCUT2D eigenvalue weighted by atomic mass is 10.3. The molecule has 14 heavy (non-hydrogen) atoms. The van der Waals surface area contributed by atoms with Crippen LogP contribution in [0, 0.1) is 0 Å². The lowest BCUT2D eigenvalue weighted by Gasteiger charge is -1.86. The largest absolute Gasteiger partial charge is 0.508 e. The lowest BCUT2D eigenvalue weighted by Crippen LogP contribution is -1.84. The second kappa shape index (κ2) is 14.2. The van der Waals surface area contributed by atoms with Gasteiger partial charge in [0.2, 0.25) is 0 Å². The van der Waals surface area contributed by atoms with Gasteiger partial charge in [0.15, 0.2) is 0 Å². The first kappa shape index (κ1) is 15.1. The van der Waals surface area contributed by atoms with Crippen molar-refractivity contribution < 1.29 is 14.6 Å². The number of carbonyl (C=O) groups is 1. The first-order valence-corrected chi connectivity index (χ1v) is 4.41. The molecule has 0 radical (unpaired) electrons. The van der Waals surface area contributed by atoms with Crippen LogP contribution in [0.5, 0.6) is 5.75 Å². The van der Waals surface area contributed by atoms with Gasteiger partial charge < -0.3 is 14.6 Å². The Kier molecular flexibility index (Phi) is 15.3. The van der Waals surface area contributed by atoms with Gasteiger partial charge in [-0.15, -0.1) is 0 Å². The van der Waals surface area contributed by atoms with Crippen LogP contribution in [0.3, 0.4) is 0 Å². The zero-order chi connectivity index (χ0) is 11.2. The summed E-state index contributed by atoms with van der Waals surface area (Å²) >= 11 is 0. The van der Waals surface area contributed by atoms with Crippen LogP contribution < -0.4 is 0 Å². The summed E-state index contributed by atoms with van der Waals surface area (Å²) in [4.78, 5) is 8.00. The molecule has 1 rings (SSSR count). The van der Waals surface area contributed by atoms with E-state index in [4.69, 9.17) is 14.6 Å². The molecule has 80 valence electrons. The highest BCUT2D eigenvalue weighted by Gasteiger charge is 1.74. The second-order valence-electron chi connectivity index (χ2n) is 2.12. The monoisotopic (exact) mass is 198 g/mol. The zero-order valence-corrected chi connectivity index (χ0v) is 8.77. The average molecular weight is 198 g/mol. The van der Waals surface area contributed by atoms with Crippen molar-refractivity contribution in [2.45, 2.75) is 13.8 Å². The Hall–Kier alpha value is -1.35. The maximum Gasteiger partial charge on any atom is 0.115 e. The van der Waals surface area contributed by atoms with Crippen LogP contribution in [0.15, 0.2) is 30.3 Å². The van der Waals surface area contributed by atoms with Crippen molar-refractivity contribution in [2.75, 3.05) is 13.2 Å². The molecule has 1 aromatic rings. The molecule has 0 bridgehead atoms. The third-order valence-corrected chi connectivity index (χ3v) is 1.16. The fourth-order valence-electron chi connectivity index (χ4n) is 0.632. The van der Waals surface area contributed by atoms with Gasteiger partial charge in [-0.2, -0.15) is 0 Å². The molecule has 0 aliphatic rings. The van der Waals surface area contributed by atoms with Crippen LogP contribution >= 0.6 is 0 Å². The van der Waals surface area contributed by atoms with E-state index in [1.807, 2.05) is 26.7 Å². The first-order valence-electron chi connectivity index (χ1n) is 4.41. The zero-order valence-electron chi connectivity index (χ0n) is 8.77. The molecule has 0 aliphatic carbocycles. The van der Waals surface area contributed by atoms with Gasteiger partial charge in [0, 0.05) is 13.2 Å². The Bertz CT molecular complexity index is 185. The predicted octanol–water partition coefficient (Wildman–Crippen LogP) is 2.25. The summed E-state index contributed by atoms with van der Waals surface area (Å²) in [5.74, 6) is 0.322. The van der Waals surface area contributed by atoms with Crippen LogP contribution in [0.1, 0.15) is 13.8 Å². The number of para-hydroxylation sites is 1. The summed E-state index contributed by atoms with van der Waals surface area (Å²) in [5, 5.41) is 8.63. The van der Waals surface area contributed by atoms with Crippen LogP contribution in [-0.2, 0) is 9.53 Å². The molecule has 0 saturated carbocycles. The molecule has 0 heterocycles. The van der Waals surface area contributed by atoms with Crippen molar-refractivity contribution in [1.29, 1.82) is 0 Å². The minimum atomic E-state index is 0.322. The standard InChI is InChI=1S/C6H6O.C4H10O.CH2O/c7-6-4-2-1-3-5-6;1-3-5-4-2;1-2/h1-5,7H;3-4H2,1-2H3;1H2. The van der Waals surface area contributed by atoms with E-state index < -0.39 is 0 Å². The molecule has 0 aliphatic heterocycles. The lowest BCUT2D eigenvalue weighted by molar-refractivity contribution is -0.0979. The van der Waals surface area contributed by atoms with E-state index in [2.05, 4.69) is 0 Å². The molecule has 0 amide bonds. The van der Waals surface area contributed by atoms with Crippen molar-refractivity contribution in [2.24, 2.45) is 0 Å². The van der Waals surface area contributed by atoms with Crippen molar-refractivity contribution in [1.82, 2.24) is 0 Å². The van der Waals surface area contributed by atoms with Gasteiger partial charge in [-0.1, -0.05) is 18.2 Å². The van der Waals surface area contributed by atoms with Gasteiger partial charge in [-0.3, -0.25) is 0 Å². The quantitative estimate of drug-likeness (QED) is 0.792. The van der Waals surface area contributed by atoms with Crippen LogP contribution in [-0.4, -0.2) is 25.1 Å². The highest BCUT2D eigenvalue weighted by Crippen LogP contribution is 2.02. The number of ether oxygens (including phenoxy) is 1. The fraction of sp³-hybridized carbons (Fsp3) is 0.364. The minimum absolute atomic E-state index is 0.322. The van der Waals surface area contributed by atoms with Crippen molar-refractivity contribution in [3.05, 3.63) is 30.3 Å². The molecule has 1 N–H and O–H groups in total. The highest BCUT2D eigenvalue weighted by atomic mass is 16.5. The van der Waals surface area contributed by atoms with Gasteiger partial charge in [-0.25, -0.2) is 0 Å². The molecule has 0 fully saturated rings. The molecule has 0 unspecified atom stereocenters. The van der Waals surface area contributed by atoms with Gasteiger partial charge in [-0.05, 0) is 26.0 Å². The van der Waals surface area contributed by atoms with Gasteiger partial charge in [0.25, 0.3) is 0 Å². The fourth-order valence-corrected chi connectivity index (χ4v) is 0.632. The van der Waals surface area contributed by atoms with E-state index in [1.54, 1.807) is 24.3 Å². The summed E-state index contributed by atoms with van der Waals surface area (Å²) in [6.45, 7) is 7.67. The van der Waals surface area contributed by atoms with Gasteiger partial charge in [0.05, 0.1) is 0 Å². The smallest absolute Gasteiger partial charge is 0.115 e. The predicted molar refractivity (Wildman–Crippen MR) is 57.4 cm³/mol. The minimum Gasteiger partial charge on any atom is -0.508 e. The molecule has 3 nitrogen and oxygen atoms in total. The van der Waals surface area contributed by atoms with E-state index in [-0.39, 0.29) is 0 Å². The van der Waals surface area contributed by atoms with Gasteiger partial charge in [0.1, 0.15) is 12.5 Å². The number of aromatic hydroxyl groups is 1. The second-order valence-corrected chi connectivity index (χ2v) is 2.12. The van der Waals surface area contributed by atoms with E-state index in [1.165, 1.54) is 0 Å². The summed E-state index contributed by atoms with van der Waals surface area (Å²) in [5.41, 5.74) is 0. The number of hydrogen-bond donors (Lipinski definition) is 1. The molecule has 0 spiro atoms. The Balaban J connectivity index is 0. The summed E-state index contributed by atoms with van der Waals surface area (Å²) in [6.07, 6.45) is 0. The normalized spacial score (nSPS) is 7.57. The van der Waals surface area contributed by atoms with E-state index in [0.29, 0.717) is 5.75 Å². The van der Waals surface area contributed by atoms with Crippen LogP contribution in [0.25, 0.3) is 0 Å². The third-order valence-electron chi connectivity index (χ3n) is 1.16. The number of phenolic OH excluding ortho intramolecular Hbond substituents is 1. The van der Waals surface area contributed by atoms with Gasteiger partial charge >= 0.3 is 0 Å². The summed E-state index contributed by atoms with van der Waals surface area (Å²) in [6, 6.07) is 8.71. The Morgan fingerprint density at radius 2 is 1.57 bits per heavy atom. The van der Waals surface area contributed by atoms with Crippen LogP contribution in [0.2, 0.25) is 0 Å². The maximum absolute atomic E-state index is 8.63. The molecular formula is C11H18O3. The van der Waals surface area contributed by atoms with E-state index in [0.717, 1.165) is 13.2 Å². The molecule has 1 aromatic carbocycles. The third kappa shape index (κ3) is 13.3. The average Bonchev–Trinajstić information content (AvgIpc) is 2.24. The number of phenols is 1. The summed E-state index contributed by atoms with van der Waals surface area (Å²) < 4.78 is 4.83. The molecular weight excluding hydrogens is 180 g/mol. The topological polar surface area (TPSA) is 46.5 Å². The molecule has 0 atom stereocenters. The number of benzene rings is 1. The Labute approximate surface area is 85.3 Å². The van der Waals surface area contributed by atoms with Crippen LogP contribution in [0.4, 0.5) is 0 Å². The first-order chi connectivity index (χ1) is 6.81.